The lowest BCUT2D eigenvalue weighted by Gasteiger charge is -2.25. The zero-order chi connectivity index (χ0) is 24.6. The van der Waals surface area contributed by atoms with Gasteiger partial charge in [0.15, 0.2) is 0 Å². The molecule has 1 aliphatic carbocycles. The molecule has 0 saturated heterocycles. The minimum Gasteiger partial charge on any atom is -0.481 e. The fourth-order valence-electron chi connectivity index (χ4n) is 4.17. The van der Waals surface area contributed by atoms with Gasteiger partial charge in [-0.05, 0) is 60.6 Å². The largest absolute Gasteiger partial charge is 0.481 e. The number of carbonyl (C=O) groups is 1. The van der Waals surface area contributed by atoms with E-state index in [4.69, 9.17) is 9.94 Å². The van der Waals surface area contributed by atoms with E-state index in [2.05, 4.69) is 15.5 Å². The molecule has 0 radical (unpaired) electrons. The molecule has 0 amide bonds. The minimum absolute atomic E-state index is 0.0317. The van der Waals surface area contributed by atoms with Crippen LogP contribution in [0, 0.1) is 0 Å². The van der Waals surface area contributed by atoms with E-state index < -0.39 is 17.7 Å². The molecule has 1 heterocycles. The maximum Gasteiger partial charge on any atom is 0.416 e. The van der Waals surface area contributed by atoms with Crippen LogP contribution in [0.25, 0.3) is 0 Å². The smallest absolute Gasteiger partial charge is 0.416 e. The lowest BCUT2D eigenvalue weighted by Crippen LogP contribution is -2.18. The van der Waals surface area contributed by atoms with Gasteiger partial charge in [0.2, 0.25) is 0 Å². The molecule has 0 aliphatic heterocycles. The molecule has 1 aliphatic rings. The van der Waals surface area contributed by atoms with Crippen molar-refractivity contribution >= 4 is 11.7 Å². The van der Waals surface area contributed by atoms with Crippen LogP contribution in [-0.4, -0.2) is 28.3 Å². The Morgan fingerprint density at radius 2 is 1.94 bits per heavy atom. The summed E-state index contributed by atoms with van der Waals surface area (Å²) in [5.41, 5.74) is 2.17. The maximum atomic E-state index is 13.7. The number of oxime groups is 1. The van der Waals surface area contributed by atoms with Gasteiger partial charge in [0.25, 0.3) is 0 Å². The van der Waals surface area contributed by atoms with Gasteiger partial charge < -0.3 is 15.3 Å². The van der Waals surface area contributed by atoms with Gasteiger partial charge in [-0.3, -0.25) is 9.78 Å². The topological polar surface area (TPSA) is 83.8 Å². The Bertz CT molecular complexity index is 1000. The van der Waals surface area contributed by atoms with Gasteiger partial charge in [0, 0.05) is 19.3 Å². The molecule has 0 bridgehead atoms. The first kappa shape index (κ1) is 25.7. The molecule has 2 aromatic rings. The van der Waals surface area contributed by atoms with Crippen molar-refractivity contribution in [1.82, 2.24) is 10.3 Å². The monoisotopic (exact) mass is 477 g/mol. The van der Waals surface area contributed by atoms with Crippen molar-refractivity contribution in [3.63, 3.8) is 0 Å². The maximum absolute atomic E-state index is 13.7. The van der Waals surface area contributed by atoms with Gasteiger partial charge in [-0.15, -0.1) is 0 Å². The van der Waals surface area contributed by atoms with Crippen molar-refractivity contribution < 1.29 is 27.9 Å². The lowest BCUT2D eigenvalue weighted by atomic mass is 9.81. The first-order valence-corrected chi connectivity index (χ1v) is 11.5. The van der Waals surface area contributed by atoms with E-state index in [1.54, 1.807) is 37.4 Å². The van der Waals surface area contributed by atoms with Crippen molar-refractivity contribution in [3.05, 3.63) is 64.5 Å². The minimum atomic E-state index is -4.41. The standard InChI is InChI=1S/C25H30F3N3O3/c1-17(23-14-18(9-12-30-23)15-29-11-10-24(32)33)31-34-16-19-7-8-21(20-5-3-2-4-6-20)22(13-19)25(26,27)28/h7-9,12-14,20,29H,2-6,10-11,15-16H2,1H3,(H,32,33). The van der Waals surface area contributed by atoms with Crippen LogP contribution in [0.15, 0.2) is 41.7 Å². The number of rotatable bonds is 10. The number of pyridine rings is 1. The number of halogens is 3. The summed E-state index contributed by atoms with van der Waals surface area (Å²) in [6.45, 7) is 2.45. The van der Waals surface area contributed by atoms with Crippen LogP contribution in [0.5, 0.6) is 0 Å². The summed E-state index contributed by atoms with van der Waals surface area (Å²) >= 11 is 0. The SMILES string of the molecule is CC(=NOCc1ccc(C2CCCCC2)c(C(F)(F)F)c1)c1cc(CNCCC(=O)O)ccn1. The second-order valence-electron chi connectivity index (χ2n) is 8.57. The average molecular weight is 478 g/mol. The molecular formula is C25H30F3N3O3. The highest BCUT2D eigenvalue weighted by Gasteiger charge is 2.35. The van der Waals surface area contributed by atoms with Crippen molar-refractivity contribution in [2.75, 3.05) is 6.54 Å². The number of hydrogen-bond acceptors (Lipinski definition) is 5. The van der Waals surface area contributed by atoms with Gasteiger partial charge in [0.1, 0.15) is 12.3 Å². The molecule has 34 heavy (non-hydrogen) atoms. The molecule has 1 fully saturated rings. The highest BCUT2D eigenvalue weighted by molar-refractivity contribution is 5.96. The molecule has 0 unspecified atom stereocenters. The number of alkyl halides is 3. The second kappa shape index (κ2) is 12.0. The van der Waals surface area contributed by atoms with Gasteiger partial charge in [0.05, 0.1) is 17.7 Å². The Hall–Kier alpha value is -2.94. The number of aliphatic carboxylic acids is 1. The Kier molecular flexibility index (Phi) is 9.04. The number of benzene rings is 1. The predicted octanol–water partition coefficient (Wildman–Crippen LogP) is 5.65. The first-order chi connectivity index (χ1) is 16.2. The van der Waals surface area contributed by atoms with Crippen molar-refractivity contribution in [1.29, 1.82) is 0 Å². The number of nitrogens with zero attached hydrogens (tertiary/aromatic N) is 2. The quantitative estimate of drug-likeness (QED) is 0.262. The van der Waals surface area contributed by atoms with E-state index in [9.17, 15) is 18.0 Å². The first-order valence-electron chi connectivity index (χ1n) is 11.5. The van der Waals surface area contributed by atoms with Crippen LogP contribution < -0.4 is 5.32 Å². The fourth-order valence-corrected chi connectivity index (χ4v) is 4.17. The molecule has 0 spiro atoms. The number of aromatic nitrogens is 1. The normalized spacial score (nSPS) is 15.4. The summed E-state index contributed by atoms with van der Waals surface area (Å²) in [5.74, 6) is -0.911. The summed E-state index contributed by atoms with van der Waals surface area (Å²) in [5, 5.41) is 15.8. The van der Waals surface area contributed by atoms with Gasteiger partial charge in [-0.25, -0.2) is 0 Å². The van der Waals surface area contributed by atoms with Crippen molar-refractivity contribution in [3.8, 4) is 0 Å². The molecular weight excluding hydrogens is 447 g/mol. The average Bonchev–Trinajstić information content (AvgIpc) is 2.82. The van der Waals surface area contributed by atoms with E-state index >= 15 is 0 Å². The van der Waals surface area contributed by atoms with E-state index in [1.165, 1.54) is 6.07 Å². The van der Waals surface area contributed by atoms with E-state index in [1.807, 2.05) is 0 Å². The Balaban J connectivity index is 1.63. The number of hydrogen-bond donors (Lipinski definition) is 2. The van der Waals surface area contributed by atoms with Crippen LogP contribution in [0.2, 0.25) is 0 Å². The summed E-state index contributed by atoms with van der Waals surface area (Å²) < 4.78 is 41.2. The molecule has 9 heteroatoms. The van der Waals surface area contributed by atoms with Crippen LogP contribution in [0.4, 0.5) is 13.2 Å². The third kappa shape index (κ3) is 7.55. The Labute approximate surface area is 197 Å². The summed E-state index contributed by atoms with van der Waals surface area (Å²) in [4.78, 5) is 20.2. The van der Waals surface area contributed by atoms with E-state index in [0.717, 1.165) is 37.7 Å². The summed E-state index contributed by atoms with van der Waals surface area (Å²) in [6, 6.07) is 8.06. The van der Waals surface area contributed by atoms with E-state index in [-0.39, 0.29) is 18.9 Å². The van der Waals surface area contributed by atoms with Crippen molar-refractivity contribution in [2.24, 2.45) is 5.16 Å². The zero-order valence-corrected chi connectivity index (χ0v) is 19.2. The van der Waals surface area contributed by atoms with Crippen LogP contribution >= 0.6 is 0 Å². The lowest BCUT2D eigenvalue weighted by molar-refractivity contribution is -0.139. The molecule has 0 atom stereocenters. The molecule has 2 N–H and O–H groups in total. The molecule has 184 valence electrons. The molecule has 1 aromatic heterocycles. The number of carboxylic acid groups (broad SMARTS) is 1. The van der Waals surface area contributed by atoms with Gasteiger partial charge in [-0.1, -0.05) is 36.6 Å². The fraction of sp³-hybridized carbons (Fsp3) is 0.480. The number of carboxylic acids is 1. The van der Waals surface area contributed by atoms with Crippen molar-refractivity contribution in [2.45, 2.75) is 70.7 Å². The highest BCUT2D eigenvalue weighted by atomic mass is 19.4. The van der Waals surface area contributed by atoms with Crippen LogP contribution in [0.3, 0.4) is 0 Å². The summed E-state index contributed by atoms with van der Waals surface area (Å²) in [6.07, 6.45) is 1.84. The van der Waals surface area contributed by atoms with Crippen LogP contribution in [-0.2, 0) is 29.0 Å². The number of nitrogens with one attached hydrogen (secondary N) is 1. The van der Waals surface area contributed by atoms with Gasteiger partial charge in [-0.2, -0.15) is 13.2 Å². The highest BCUT2D eigenvalue weighted by Crippen LogP contribution is 2.41. The third-order valence-electron chi connectivity index (χ3n) is 5.94. The van der Waals surface area contributed by atoms with E-state index in [0.29, 0.717) is 35.6 Å². The summed E-state index contributed by atoms with van der Waals surface area (Å²) in [7, 11) is 0. The molecule has 6 nitrogen and oxygen atoms in total. The van der Waals surface area contributed by atoms with Gasteiger partial charge >= 0.3 is 12.1 Å². The third-order valence-corrected chi connectivity index (χ3v) is 5.94. The molecule has 1 saturated carbocycles. The zero-order valence-electron chi connectivity index (χ0n) is 19.2. The second-order valence-corrected chi connectivity index (χ2v) is 8.57. The molecule has 3 rings (SSSR count). The Morgan fingerprint density at radius 3 is 2.65 bits per heavy atom. The Morgan fingerprint density at radius 1 is 1.18 bits per heavy atom. The van der Waals surface area contributed by atoms with Crippen LogP contribution in [0.1, 0.15) is 79.3 Å². The molecule has 1 aromatic carbocycles. The predicted molar refractivity (Wildman–Crippen MR) is 122 cm³/mol.